The largest absolute Gasteiger partial charge is 0.373 e. The number of carbonyl (C=O) groups excluding carboxylic acids is 1. The van der Waals surface area contributed by atoms with Gasteiger partial charge in [0.25, 0.3) is 0 Å². The van der Waals surface area contributed by atoms with Gasteiger partial charge in [-0.2, -0.15) is 5.26 Å². The second-order valence-electron chi connectivity index (χ2n) is 5.16. The number of nitrogens with zero attached hydrogens (tertiary/aromatic N) is 2. The molecule has 1 aliphatic rings. The topological polar surface area (TPSA) is 65.4 Å². The number of hydrogen-bond donors (Lipinski definition) is 1. The molecular formula is C15H19N3O2. The standard InChI is InChI=1S/C15H19N3O2/c1-11-8-18(9-12(2)20-11)10-15(19)17-14-6-4-3-5-13(14)7-16/h3-6,11-12H,8-10H2,1-2H3,(H,17,19)/t11-,12-/m1/s1. The van der Waals surface area contributed by atoms with Gasteiger partial charge in [0.05, 0.1) is 30.0 Å². The molecule has 1 heterocycles. The maximum absolute atomic E-state index is 12.1. The van der Waals surface area contributed by atoms with E-state index in [2.05, 4.69) is 16.3 Å². The monoisotopic (exact) mass is 273 g/mol. The smallest absolute Gasteiger partial charge is 0.238 e. The van der Waals surface area contributed by atoms with Crippen molar-refractivity contribution in [2.75, 3.05) is 25.0 Å². The highest BCUT2D eigenvalue weighted by Gasteiger charge is 2.23. The van der Waals surface area contributed by atoms with E-state index < -0.39 is 0 Å². The number of carbonyl (C=O) groups is 1. The minimum atomic E-state index is -0.103. The lowest BCUT2D eigenvalue weighted by Gasteiger charge is -2.34. The highest BCUT2D eigenvalue weighted by atomic mass is 16.5. The molecule has 1 amide bonds. The maximum atomic E-state index is 12.1. The van der Waals surface area contributed by atoms with Crippen molar-refractivity contribution >= 4 is 11.6 Å². The highest BCUT2D eigenvalue weighted by Crippen LogP contribution is 2.14. The van der Waals surface area contributed by atoms with Crippen LogP contribution in [0.3, 0.4) is 0 Å². The molecule has 0 aliphatic carbocycles. The van der Waals surface area contributed by atoms with Crippen molar-refractivity contribution in [3.8, 4) is 6.07 Å². The van der Waals surface area contributed by atoms with E-state index in [0.29, 0.717) is 17.8 Å². The van der Waals surface area contributed by atoms with Gasteiger partial charge in [-0.05, 0) is 26.0 Å². The first kappa shape index (κ1) is 14.5. The van der Waals surface area contributed by atoms with E-state index in [1.807, 2.05) is 13.8 Å². The summed E-state index contributed by atoms with van der Waals surface area (Å²) in [4.78, 5) is 14.1. The molecule has 106 valence electrons. The van der Waals surface area contributed by atoms with Crippen molar-refractivity contribution in [3.05, 3.63) is 29.8 Å². The molecule has 0 bridgehead atoms. The fourth-order valence-electron chi connectivity index (χ4n) is 2.50. The van der Waals surface area contributed by atoms with Gasteiger partial charge in [-0.15, -0.1) is 0 Å². The fraction of sp³-hybridized carbons (Fsp3) is 0.467. The molecule has 5 nitrogen and oxygen atoms in total. The van der Waals surface area contributed by atoms with Gasteiger partial charge in [0.15, 0.2) is 0 Å². The number of morpholine rings is 1. The minimum absolute atomic E-state index is 0.103. The Kier molecular flexibility index (Phi) is 4.72. The molecule has 1 fully saturated rings. The van der Waals surface area contributed by atoms with Crippen LogP contribution in [0.2, 0.25) is 0 Å². The van der Waals surface area contributed by atoms with Gasteiger partial charge in [0.2, 0.25) is 5.91 Å². The summed E-state index contributed by atoms with van der Waals surface area (Å²) >= 11 is 0. The third-order valence-corrected chi connectivity index (χ3v) is 3.18. The first-order valence-corrected chi connectivity index (χ1v) is 6.75. The molecule has 1 saturated heterocycles. The summed E-state index contributed by atoms with van der Waals surface area (Å²) in [5.41, 5.74) is 1.04. The molecule has 0 radical (unpaired) electrons. The quantitative estimate of drug-likeness (QED) is 0.908. The Morgan fingerprint density at radius 1 is 1.40 bits per heavy atom. The summed E-state index contributed by atoms with van der Waals surface area (Å²) in [5, 5.41) is 11.8. The molecular weight excluding hydrogens is 254 g/mol. The molecule has 2 atom stereocenters. The van der Waals surface area contributed by atoms with Crippen LogP contribution < -0.4 is 5.32 Å². The summed E-state index contributed by atoms with van der Waals surface area (Å²) < 4.78 is 5.64. The SMILES string of the molecule is C[C@@H]1CN(CC(=O)Nc2ccccc2C#N)C[C@@H](C)O1. The molecule has 20 heavy (non-hydrogen) atoms. The summed E-state index contributed by atoms with van der Waals surface area (Å²) in [5.74, 6) is -0.103. The van der Waals surface area contributed by atoms with Gasteiger partial charge in [-0.1, -0.05) is 12.1 Å². The number of rotatable bonds is 3. The Balaban J connectivity index is 1.94. The van der Waals surface area contributed by atoms with Crippen molar-refractivity contribution in [1.82, 2.24) is 4.90 Å². The van der Waals surface area contributed by atoms with Crippen molar-refractivity contribution in [2.45, 2.75) is 26.1 Å². The van der Waals surface area contributed by atoms with Crippen LogP contribution in [-0.2, 0) is 9.53 Å². The average Bonchev–Trinajstić information content (AvgIpc) is 2.37. The van der Waals surface area contributed by atoms with Crippen LogP contribution in [-0.4, -0.2) is 42.6 Å². The highest BCUT2D eigenvalue weighted by molar-refractivity contribution is 5.93. The predicted octanol–water partition coefficient (Wildman–Crippen LogP) is 1.61. The summed E-state index contributed by atoms with van der Waals surface area (Å²) in [7, 11) is 0. The number of nitriles is 1. The summed E-state index contributed by atoms with van der Waals surface area (Å²) in [6, 6.07) is 9.07. The lowest BCUT2D eigenvalue weighted by molar-refractivity contribution is -0.121. The number of anilines is 1. The number of ether oxygens (including phenoxy) is 1. The number of hydrogen-bond acceptors (Lipinski definition) is 4. The number of para-hydroxylation sites is 1. The van der Waals surface area contributed by atoms with Gasteiger partial charge in [0.1, 0.15) is 6.07 Å². The fourth-order valence-corrected chi connectivity index (χ4v) is 2.50. The average molecular weight is 273 g/mol. The normalized spacial score (nSPS) is 23.1. The molecule has 2 rings (SSSR count). The molecule has 0 spiro atoms. The molecule has 1 N–H and O–H groups in total. The number of amides is 1. The van der Waals surface area contributed by atoms with E-state index in [0.717, 1.165) is 13.1 Å². The molecule has 0 unspecified atom stereocenters. The summed E-state index contributed by atoms with van der Waals surface area (Å²) in [6.45, 7) is 5.82. The molecule has 0 saturated carbocycles. The van der Waals surface area contributed by atoms with E-state index in [1.165, 1.54) is 0 Å². The number of nitrogens with one attached hydrogen (secondary N) is 1. The van der Waals surface area contributed by atoms with E-state index in [-0.39, 0.29) is 18.1 Å². The van der Waals surface area contributed by atoms with Crippen molar-refractivity contribution in [2.24, 2.45) is 0 Å². The third kappa shape index (κ3) is 3.80. The second kappa shape index (κ2) is 6.51. The Labute approximate surface area is 119 Å². The van der Waals surface area contributed by atoms with Crippen molar-refractivity contribution in [1.29, 1.82) is 5.26 Å². The van der Waals surface area contributed by atoms with E-state index >= 15 is 0 Å². The number of benzene rings is 1. The van der Waals surface area contributed by atoms with Crippen molar-refractivity contribution < 1.29 is 9.53 Å². The zero-order valence-corrected chi connectivity index (χ0v) is 11.8. The Bertz CT molecular complexity index is 514. The lowest BCUT2D eigenvalue weighted by atomic mass is 10.2. The molecule has 1 aliphatic heterocycles. The van der Waals surface area contributed by atoms with Crippen molar-refractivity contribution in [3.63, 3.8) is 0 Å². The van der Waals surface area contributed by atoms with E-state index in [1.54, 1.807) is 24.3 Å². The minimum Gasteiger partial charge on any atom is -0.373 e. The van der Waals surface area contributed by atoms with Gasteiger partial charge < -0.3 is 10.1 Å². The van der Waals surface area contributed by atoms with Crippen LogP contribution in [0.15, 0.2) is 24.3 Å². The van der Waals surface area contributed by atoms with Gasteiger partial charge in [-0.25, -0.2) is 0 Å². The van der Waals surface area contributed by atoms with Crippen LogP contribution >= 0.6 is 0 Å². The van der Waals surface area contributed by atoms with Crippen LogP contribution in [0, 0.1) is 11.3 Å². The Morgan fingerprint density at radius 2 is 2.05 bits per heavy atom. The molecule has 0 aromatic heterocycles. The first-order valence-electron chi connectivity index (χ1n) is 6.75. The molecule has 5 heteroatoms. The van der Waals surface area contributed by atoms with Crippen LogP contribution in [0.4, 0.5) is 5.69 Å². The zero-order valence-electron chi connectivity index (χ0n) is 11.8. The predicted molar refractivity (Wildman–Crippen MR) is 76.2 cm³/mol. The van der Waals surface area contributed by atoms with E-state index in [9.17, 15) is 4.79 Å². The van der Waals surface area contributed by atoms with Gasteiger partial charge >= 0.3 is 0 Å². The Morgan fingerprint density at radius 3 is 2.70 bits per heavy atom. The lowest BCUT2D eigenvalue weighted by Crippen LogP contribution is -2.48. The molecule has 1 aromatic rings. The molecule has 1 aromatic carbocycles. The second-order valence-corrected chi connectivity index (χ2v) is 5.16. The Hall–Kier alpha value is -1.90. The van der Waals surface area contributed by atoms with Gasteiger partial charge in [0, 0.05) is 13.1 Å². The van der Waals surface area contributed by atoms with Crippen LogP contribution in [0.5, 0.6) is 0 Å². The zero-order chi connectivity index (χ0) is 14.5. The van der Waals surface area contributed by atoms with Crippen LogP contribution in [0.1, 0.15) is 19.4 Å². The maximum Gasteiger partial charge on any atom is 0.238 e. The van der Waals surface area contributed by atoms with Crippen LogP contribution in [0.25, 0.3) is 0 Å². The van der Waals surface area contributed by atoms with Gasteiger partial charge in [-0.3, -0.25) is 9.69 Å². The first-order chi connectivity index (χ1) is 9.58. The third-order valence-electron chi connectivity index (χ3n) is 3.18. The van der Waals surface area contributed by atoms with E-state index in [4.69, 9.17) is 10.00 Å². The summed E-state index contributed by atoms with van der Waals surface area (Å²) in [6.07, 6.45) is 0.274.